The van der Waals surface area contributed by atoms with Gasteiger partial charge in [-0.3, -0.25) is 14.7 Å². The number of hydrogen-bond acceptors (Lipinski definition) is 6. The molecular formula is C15H18N4O5. The van der Waals surface area contributed by atoms with Crippen LogP contribution in [0.15, 0.2) is 35.3 Å². The maximum Gasteiger partial charge on any atom is 0.335 e. The van der Waals surface area contributed by atoms with Crippen molar-refractivity contribution in [3.05, 3.63) is 46.5 Å². The summed E-state index contributed by atoms with van der Waals surface area (Å²) in [5, 5.41) is 14.7. The Bertz CT molecular complexity index is 753. The summed E-state index contributed by atoms with van der Waals surface area (Å²) >= 11 is 0. The first-order valence-electron chi connectivity index (χ1n) is 7.39. The van der Waals surface area contributed by atoms with Gasteiger partial charge in [0.25, 0.3) is 11.5 Å². The molecule has 1 atom stereocenters. The summed E-state index contributed by atoms with van der Waals surface area (Å²) in [5.41, 5.74) is -0.373. The molecule has 2 aromatic rings. The number of aliphatic hydroxyl groups excluding tert-OH is 1. The van der Waals surface area contributed by atoms with Crippen molar-refractivity contribution in [1.29, 1.82) is 0 Å². The van der Waals surface area contributed by atoms with Gasteiger partial charge >= 0.3 is 5.97 Å². The van der Waals surface area contributed by atoms with E-state index >= 15 is 0 Å². The molecule has 0 radical (unpaired) electrons. The zero-order chi connectivity index (χ0) is 17.5. The summed E-state index contributed by atoms with van der Waals surface area (Å²) < 4.78 is 5.80. The lowest BCUT2D eigenvalue weighted by Gasteiger charge is -2.09. The molecule has 0 saturated heterocycles. The third kappa shape index (κ3) is 4.29. The number of rotatable bonds is 7. The van der Waals surface area contributed by atoms with Gasteiger partial charge in [0.05, 0.1) is 6.61 Å². The van der Waals surface area contributed by atoms with Crippen molar-refractivity contribution in [2.75, 3.05) is 13.2 Å². The van der Waals surface area contributed by atoms with Gasteiger partial charge in [-0.1, -0.05) is 6.07 Å². The Balaban J connectivity index is 1.94. The van der Waals surface area contributed by atoms with Crippen molar-refractivity contribution >= 4 is 11.9 Å². The van der Waals surface area contributed by atoms with E-state index in [1.54, 1.807) is 25.1 Å². The Morgan fingerprint density at radius 3 is 2.92 bits per heavy atom. The van der Waals surface area contributed by atoms with E-state index in [0.29, 0.717) is 5.82 Å². The smallest absolute Gasteiger partial charge is 0.335 e. The zero-order valence-electron chi connectivity index (χ0n) is 13.1. The molecule has 24 heavy (non-hydrogen) atoms. The van der Waals surface area contributed by atoms with Crippen LogP contribution in [0.3, 0.4) is 0 Å². The number of hydrogen-bond donors (Lipinski definition) is 3. The summed E-state index contributed by atoms with van der Waals surface area (Å²) in [4.78, 5) is 39.2. The molecule has 2 rings (SSSR count). The van der Waals surface area contributed by atoms with Crippen LogP contribution >= 0.6 is 0 Å². The molecule has 0 aliphatic rings. The van der Waals surface area contributed by atoms with Gasteiger partial charge in [-0.2, -0.15) is 0 Å². The van der Waals surface area contributed by atoms with Crippen LogP contribution in [0.1, 0.15) is 23.8 Å². The van der Waals surface area contributed by atoms with E-state index in [4.69, 9.17) is 0 Å². The van der Waals surface area contributed by atoms with Crippen molar-refractivity contribution in [1.82, 2.24) is 20.1 Å². The molecule has 9 nitrogen and oxygen atoms in total. The molecule has 0 aliphatic heterocycles. The minimum Gasteiger partial charge on any atom is -0.464 e. The van der Waals surface area contributed by atoms with Crippen molar-refractivity contribution in [2.45, 2.75) is 19.4 Å². The third-order valence-corrected chi connectivity index (χ3v) is 3.11. The van der Waals surface area contributed by atoms with E-state index in [1.807, 2.05) is 0 Å². The molecule has 0 fully saturated rings. The molecule has 128 valence electrons. The van der Waals surface area contributed by atoms with Gasteiger partial charge in [-0.15, -0.1) is 0 Å². The first-order valence-corrected chi connectivity index (χ1v) is 7.39. The summed E-state index contributed by atoms with van der Waals surface area (Å²) in [7, 11) is 0. The van der Waals surface area contributed by atoms with Crippen LogP contribution in [0.25, 0.3) is 5.82 Å². The molecule has 9 heteroatoms. The minimum atomic E-state index is -1.30. The Hall–Kier alpha value is -2.94. The van der Waals surface area contributed by atoms with E-state index in [0.717, 1.165) is 10.7 Å². The van der Waals surface area contributed by atoms with Gasteiger partial charge in [0, 0.05) is 25.2 Å². The zero-order valence-corrected chi connectivity index (χ0v) is 13.1. The van der Waals surface area contributed by atoms with Crippen LogP contribution < -0.4 is 10.9 Å². The number of aromatic nitrogens is 3. The second-order valence-corrected chi connectivity index (χ2v) is 4.84. The molecule has 2 aromatic heterocycles. The number of carbonyl (C=O) groups is 2. The van der Waals surface area contributed by atoms with Crippen LogP contribution in [0.5, 0.6) is 0 Å². The van der Waals surface area contributed by atoms with Crippen LogP contribution in [-0.4, -0.2) is 51.0 Å². The largest absolute Gasteiger partial charge is 0.464 e. The van der Waals surface area contributed by atoms with Gasteiger partial charge < -0.3 is 15.2 Å². The second kappa shape index (κ2) is 8.06. The molecular weight excluding hydrogens is 316 g/mol. The van der Waals surface area contributed by atoms with E-state index in [-0.39, 0.29) is 25.3 Å². The molecule has 1 amide bonds. The number of nitrogens with one attached hydrogen (secondary N) is 2. The Labute approximate surface area is 137 Å². The molecule has 0 bridgehead atoms. The first-order chi connectivity index (χ1) is 11.5. The second-order valence-electron chi connectivity index (χ2n) is 4.84. The minimum absolute atomic E-state index is 0.00968. The van der Waals surface area contributed by atoms with E-state index in [9.17, 15) is 19.5 Å². The highest BCUT2D eigenvalue weighted by Crippen LogP contribution is 2.00. The summed E-state index contributed by atoms with van der Waals surface area (Å²) in [5.74, 6) is -0.904. The number of carbonyl (C=O) groups excluding carboxylic acids is 2. The van der Waals surface area contributed by atoms with Crippen LogP contribution in [0.4, 0.5) is 0 Å². The number of H-pyrrole nitrogens is 1. The average Bonchev–Trinajstić information content (AvgIpc) is 2.97. The van der Waals surface area contributed by atoms with E-state index in [1.165, 1.54) is 6.20 Å². The number of aromatic amines is 1. The van der Waals surface area contributed by atoms with Gasteiger partial charge in [0.2, 0.25) is 0 Å². The van der Waals surface area contributed by atoms with Gasteiger partial charge in [0.1, 0.15) is 5.69 Å². The van der Waals surface area contributed by atoms with Crippen molar-refractivity contribution in [2.24, 2.45) is 0 Å². The number of esters is 1. The van der Waals surface area contributed by atoms with Crippen LogP contribution in [0.2, 0.25) is 0 Å². The third-order valence-electron chi connectivity index (χ3n) is 3.11. The molecule has 0 aliphatic carbocycles. The van der Waals surface area contributed by atoms with Gasteiger partial charge in [-0.25, -0.2) is 14.5 Å². The number of nitrogens with zero attached hydrogens (tertiary/aromatic N) is 2. The Kier molecular flexibility index (Phi) is 5.85. The summed E-state index contributed by atoms with van der Waals surface area (Å²) in [6, 6.07) is 6.19. The highest BCUT2D eigenvalue weighted by Gasteiger charge is 2.17. The van der Waals surface area contributed by atoms with Crippen molar-refractivity contribution in [3.63, 3.8) is 0 Å². The van der Waals surface area contributed by atoms with E-state index in [2.05, 4.69) is 20.1 Å². The lowest BCUT2D eigenvalue weighted by atomic mass is 10.2. The van der Waals surface area contributed by atoms with Gasteiger partial charge in [-0.05, 0) is 19.1 Å². The molecule has 2 heterocycles. The number of aliphatic hydroxyl groups is 1. The normalized spacial score (nSPS) is 11.8. The van der Waals surface area contributed by atoms with Crippen LogP contribution in [-0.2, 0) is 9.53 Å². The Morgan fingerprint density at radius 1 is 1.46 bits per heavy atom. The lowest BCUT2D eigenvalue weighted by molar-refractivity contribution is -0.153. The van der Waals surface area contributed by atoms with Crippen LogP contribution in [0, 0.1) is 0 Å². The SMILES string of the molecule is CCOC(=O)C(O)CCNC(=O)c1cc(=O)n(-c2ccccn2)[nH]1. The first kappa shape index (κ1) is 17.4. The maximum absolute atomic E-state index is 12.0. The summed E-state index contributed by atoms with van der Waals surface area (Å²) in [6.45, 7) is 1.86. The molecule has 0 saturated carbocycles. The average molecular weight is 334 g/mol. The predicted molar refractivity (Wildman–Crippen MR) is 83.8 cm³/mol. The maximum atomic E-state index is 12.0. The summed E-state index contributed by atoms with van der Waals surface area (Å²) in [6.07, 6.45) is 0.233. The number of ether oxygens (including phenoxy) is 1. The van der Waals surface area contributed by atoms with Crippen molar-refractivity contribution < 1.29 is 19.4 Å². The molecule has 0 spiro atoms. The predicted octanol–water partition coefficient (Wildman–Crippen LogP) is -0.396. The molecule has 1 unspecified atom stereocenters. The standard InChI is InChI=1S/C15H18N4O5/c1-2-24-15(23)11(20)6-8-17-14(22)10-9-13(21)19(18-10)12-5-3-4-7-16-12/h3-5,7,9,11,18,20H,2,6,8H2,1H3,(H,17,22). The Morgan fingerprint density at radius 2 is 2.25 bits per heavy atom. The number of pyridine rings is 1. The van der Waals surface area contributed by atoms with Gasteiger partial charge in [0.15, 0.2) is 11.9 Å². The fourth-order valence-electron chi connectivity index (χ4n) is 1.94. The fourth-order valence-corrected chi connectivity index (χ4v) is 1.94. The lowest BCUT2D eigenvalue weighted by Crippen LogP contribution is -2.31. The number of amides is 1. The van der Waals surface area contributed by atoms with Crippen molar-refractivity contribution in [3.8, 4) is 5.82 Å². The highest BCUT2D eigenvalue weighted by atomic mass is 16.5. The quantitative estimate of drug-likeness (QED) is 0.592. The fraction of sp³-hybridized carbons (Fsp3) is 0.333. The highest BCUT2D eigenvalue weighted by molar-refractivity contribution is 5.92. The topological polar surface area (TPSA) is 126 Å². The molecule has 3 N–H and O–H groups in total. The van der Waals surface area contributed by atoms with E-state index < -0.39 is 23.5 Å². The monoisotopic (exact) mass is 334 g/mol. The molecule has 0 aromatic carbocycles.